The number of hydrogen-bond acceptors (Lipinski definition) is 6. The van der Waals surface area contributed by atoms with Gasteiger partial charge in [-0.25, -0.2) is 4.58 Å². The van der Waals surface area contributed by atoms with Crippen molar-refractivity contribution < 1.29 is 9.31 Å². The minimum absolute atomic E-state index is 0.342. The Balaban J connectivity index is 0.000000139. The molecular weight excluding hydrogens is 412 g/mol. The molecule has 2 aromatic rings. The molecule has 3 unspecified atom stereocenters. The Morgan fingerprint density at radius 3 is 2.76 bits per heavy atom. The van der Waals surface area contributed by atoms with E-state index in [1.54, 1.807) is 0 Å². The number of hydrogen-bond donors (Lipinski definition) is 1. The van der Waals surface area contributed by atoms with Crippen LogP contribution in [0.5, 0.6) is 0 Å². The number of fused-ring (bicyclic) bond motifs is 2. The minimum Gasteiger partial charge on any atom is -0.373 e. The molecule has 0 aromatic carbocycles. The number of anilines is 2. The van der Waals surface area contributed by atoms with Gasteiger partial charge in [-0.05, 0) is 42.3 Å². The van der Waals surface area contributed by atoms with E-state index in [-0.39, 0.29) is 0 Å². The lowest BCUT2D eigenvalue weighted by molar-refractivity contribution is -0.416. The molecule has 0 spiro atoms. The lowest BCUT2D eigenvalue weighted by Crippen LogP contribution is -2.47. The quantitative estimate of drug-likeness (QED) is 0.712. The zero-order valence-electron chi connectivity index (χ0n) is 20.4. The van der Waals surface area contributed by atoms with Gasteiger partial charge in [0.1, 0.15) is 11.8 Å². The van der Waals surface area contributed by atoms with Gasteiger partial charge in [0.15, 0.2) is 5.69 Å². The molecular formula is C26H37N6O+. The second kappa shape index (κ2) is 9.39. The van der Waals surface area contributed by atoms with Gasteiger partial charge in [0.25, 0.3) is 0 Å². The summed E-state index contributed by atoms with van der Waals surface area (Å²) >= 11 is 0. The molecule has 1 N–H and O–H groups in total. The second-order valence-electron chi connectivity index (χ2n) is 10.0. The van der Waals surface area contributed by atoms with E-state index in [1.165, 1.54) is 48.4 Å². The smallest absolute Gasteiger partial charge is 0.336 e. The number of nitrogens with one attached hydrogen (secondary N) is 1. The van der Waals surface area contributed by atoms with Crippen LogP contribution < -0.4 is 15.1 Å². The lowest BCUT2D eigenvalue weighted by Gasteiger charge is -2.34. The van der Waals surface area contributed by atoms with Crippen LogP contribution in [0.2, 0.25) is 0 Å². The number of piperidine rings is 1. The molecule has 0 saturated carbocycles. The maximum atomic E-state index is 5.76. The summed E-state index contributed by atoms with van der Waals surface area (Å²) in [6.07, 6.45) is 9.04. The molecule has 3 fully saturated rings. The van der Waals surface area contributed by atoms with Crippen molar-refractivity contribution in [3.05, 3.63) is 41.3 Å². The van der Waals surface area contributed by atoms with Crippen LogP contribution in [0.25, 0.3) is 0 Å². The van der Waals surface area contributed by atoms with Gasteiger partial charge in [-0.2, -0.15) is 0 Å². The van der Waals surface area contributed by atoms with Gasteiger partial charge >= 0.3 is 5.82 Å². The van der Waals surface area contributed by atoms with E-state index in [0.717, 1.165) is 43.7 Å². The fourth-order valence-corrected chi connectivity index (χ4v) is 5.42. The van der Waals surface area contributed by atoms with Gasteiger partial charge in [-0.15, -0.1) is 0 Å². The summed E-state index contributed by atoms with van der Waals surface area (Å²) in [5.74, 6) is 1.95. The Kier molecular flexibility index (Phi) is 6.34. The van der Waals surface area contributed by atoms with Crippen LogP contribution >= 0.6 is 0 Å². The van der Waals surface area contributed by atoms with Gasteiger partial charge < -0.3 is 19.9 Å². The molecule has 0 radical (unpaired) electrons. The molecule has 7 heteroatoms. The number of aryl methyl sites for hydroxylation is 2. The average molecular weight is 450 g/mol. The van der Waals surface area contributed by atoms with E-state index < -0.39 is 0 Å². The molecule has 0 bridgehead atoms. The van der Waals surface area contributed by atoms with Gasteiger partial charge in [0, 0.05) is 51.9 Å². The monoisotopic (exact) mass is 449 g/mol. The number of aromatic nitrogens is 2. The summed E-state index contributed by atoms with van der Waals surface area (Å²) in [6, 6.07) is 4.90. The largest absolute Gasteiger partial charge is 0.373 e. The molecule has 6 heterocycles. The van der Waals surface area contributed by atoms with Gasteiger partial charge in [-0.3, -0.25) is 4.98 Å². The van der Waals surface area contributed by atoms with Crippen molar-refractivity contribution in [2.24, 2.45) is 5.92 Å². The molecule has 4 aliphatic heterocycles. The normalized spacial score (nSPS) is 25.9. The highest BCUT2D eigenvalue weighted by atomic mass is 16.5. The second-order valence-corrected chi connectivity index (χ2v) is 10.0. The van der Waals surface area contributed by atoms with E-state index in [9.17, 15) is 0 Å². The van der Waals surface area contributed by atoms with Crippen molar-refractivity contribution in [2.75, 3.05) is 56.2 Å². The number of pyridine rings is 2. The van der Waals surface area contributed by atoms with Crippen molar-refractivity contribution >= 4 is 23.4 Å². The Morgan fingerprint density at radius 2 is 2.00 bits per heavy atom. The van der Waals surface area contributed by atoms with Crippen molar-refractivity contribution in [3.63, 3.8) is 0 Å². The van der Waals surface area contributed by atoms with Gasteiger partial charge in [-0.1, -0.05) is 6.92 Å². The standard InChI is InChI=1S/C14H20N3.C12H17N3O/c1-10-5-4-6-17(8-10)13-7-11(2)15-14-12(13)9-16(14)3;1-9-4-10(6-13-5-9)15-7-11-12(8-15)16-3-2-14-11/h7,9-10H,4-6,8H2,1-3H3;4-6,11-12,14H,2-3,7-8H2,1H3/q+1;. The molecule has 0 amide bonds. The summed E-state index contributed by atoms with van der Waals surface area (Å²) in [6.45, 7) is 12.7. The van der Waals surface area contributed by atoms with E-state index in [4.69, 9.17) is 4.74 Å². The van der Waals surface area contributed by atoms with Crippen LogP contribution in [-0.2, 0) is 4.74 Å². The molecule has 0 aliphatic carbocycles. The van der Waals surface area contributed by atoms with Gasteiger partial charge in [0.05, 0.1) is 43.4 Å². The maximum absolute atomic E-state index is 5.76. The molecule has 2 aromatic heterocycles. The highest BCUT2D eigenvalue weighted by Gasteiger charge is 2.35. The Bertz CT molecular complexity index is 1020. The number of morpholine rings is 1. The third-order valence-corrected chi connectivity index (χ3v) is 7.13. The van der Waals surface area contributed by atoms with Crippen molar-refractivity contribution in [1.82, 2.24) is 15.3 Å². The van der Waals surface area contributed by atoms with Crippen molar-refractivity contribution in [2.45, 2.75) is 45.8 Å². The molecule has 3 saturated heterocycles. The first-order valence-electron chi connectivity index (χ1n) is 12.3. The predicted molar refractivity (Wildman–Crippen MR) is 133 cm³/mol. The zero-order valence-corrected chi connectivity index (χ0v) is 20.4. The first-order chi connectivity index (χ1) is 16.0. The zero-order chi connectivity index (χ0) is 22.9. The summed E-state index contributed by atoms with van der Waals surface area (Å²) in [4.78, 5) is 13.7. The molecule has 7 nitrogen and oxygen atoms in total. The predicted octanol–water partition coefficient (Wildman–Crippen LogP) is 2.90. The van der Waals surface area contributed by atoms with Crippen LogP contribution in [0.15, 0.2) is 24.5 Å². The molecule has 33 heavy (non-hydrogen) atoms. The third-order valence-electron chi connectivity index (χ3n) is 7.13. The van der Waals surface area contributed by atoms with E-state index in [0.29, 0.717) is 12.1 Å². The Morgan fingerprint density at radius 1 is 1.12 bits per heavy atom. The van der Waals surface area contributed by atoms with E-state index in [1.807, 2.05) is 12.4 Å². The Labute approximate surface area is 197 Å². The van der Waals surface area contributed by atoms with Crippen molar-refractivity contribution in [3.8, 4) is 0 Å². The summed E-state index contributed by atoms with van der Waals surface area (Å²) in [5.41, 5.74) is 6.25. The van der Waals surface area contributed by atoms with Crippen LogP contribution in [0.1, 0.15) is 36.6 Å². The van der Waals surface area contributed by atoms with E-state index in [2.05, 4.69) is 75.8 Å². The molecule has 176 valence electrons. The van der Waals surface area contributed by atoms with Crippen LogP contribution in [0.3, 0.4) is 0 Å². The Hall–Kier alpha value is -2.51. The average Bonchev–Trinajstić information content (AvgIpc) is 3.24. The highest BCUT2D eigenvalue weighted by Crippen LogP contribution is 2.34. The summed E-state index contributed by atoms with van der Waals surface area (Å²) < 4.78 is 7.87. The van der Waals surface area contributed by atoms with Crippen LogP contribution in [-0.4, -0.2) is 79.3 Å². The topological polar surface area (TPSA) is 56.5 Å². The highest BCUT2D eigenvalue weighted by molar-refractivity contribution is 5.95. The fourth-order valence-electron chi connectivity index (χ4n) is 5.42. The van der Waals surface area contributed by atoms with Crippen molar-refractivity contribution in [1.29, 1.82) is 0 Å². The summed E-state index contributed by atoms with van der Waals surface area (Å²) in [5, 5.41) is 3.51. The number of ether oxygens (including phenoxy) is 1. The maximum Gasteiger partial charge on any atom is 0.336 e. The SMILES string of the molecule is Cc1cc(N2CCCC(C)C2)c2c(n1)[N+](C)=C2.Cc1cncc(N2CC3NCCOC3C2)c1. The van der Waals surface area contributed by atoms with Gasteiger partial charge in [0.2, 0.25) is 0 Å². The molecule has 3 atom stereocenters. The number of nitrogens with zero attached hydrogens (tertiary/aromatic N) is 5. The first-order valence-corrected chi connectivity index (χ1v) is 12.3. The lowest BCUT2D eigenvalue weighted by atomic mass is 9.98. The first kappa shape index (κ1) is 22.3. The fraction of sp³-hybridized carbons (Fsp3) is 0.577. The van der Waals surface area contributed by atoms with E-state index >= 15 is 0 Å². The van der Waals surface area contributed by atoms with Crippen LogP contribution in [0, 0.1) is 19.8 Å². The van der Waals surface area contributed by atoms with Crippen LogP contribution in [0.4, 0.5) is 17.2 Å². The minimum atomic E-state index is 0.342. The third kappa shape index (κ3) is 4.75. The molecule has 6 rings (SSSR count). The summed E-state index contributed by atoms with van der Waals surface area (Å²) in [7, 11) is 2.07. The number of rotatable bonds is 2. The molecule has 4 aliphatic rings.